The average Bonchev–Trinajstić information content (AvgIpc) is 3.11. The fourth-order valence-electron chi connectivity index (χ4n) is 3.47. The molecule has 2 heterocycles. The Morgan fingerprint density at radius 1 is 1.04 bits per heavy atom. The molecule has 2 aromatic carbocycles. The molecule has 0 bridgehead atoms. The molecule has 144 valence electrons. The SMILES string of the molecule is O=C(Cc1ccccc1)Nc1n[nH]c2ccc(NC(=O)C3CCNCC3)cc12. The summed E-state index contributed by atoms with van der Waals surface area (Å²) in [6.07, 6.45) is 1.97. The topological polar surface area (TPSA) is 98.9 Å². The predicted octanol–water partition coefficient (Wildman–Crippen LogP) is 2.68. The lowest BCUT2D eigenvalue weighted by molar-refractivity contribution is -0.120. The monoisotopic (exact) mass is 377 g/mol. The Morgan fingerprint density at radius 2 is 1.82 bits per heavy atom. The first-order chi connectivity index (χ1) is 13.7. The third-order valence-electron chi connectivity index (χ3n) is 5.01. The van der Waals surface area contributed by atoms with Gasteiger partial charge in [-0.2, -0.15) is 5.10 Å². The molecule has 0 unspecified atom stereocenters. The molecule has 7 heteroatoms. The first-order valence-electron chi connectivity index (χ1n) is 9.52. The second kappa shape index (κ2) is 8.22. The molecule has 1 aromatic heterocycles. The second-order valence-corrected chi connectivity index (χ2v) is 7.06. The van der Waals surface area contributed by atoms with Crippen molar-refractivity contribution in [2.24, 2.45) is 5.92 Å². The van der Waals surface area contributed by atoms with Gasteiger partial charge < -0.3 is 16.0 Å². The van der Waals surface area contributed by atoms with Gasteiger partial charge in [0.15, 0.2) is 5.82 Å². The number of aromatic nitrogens is 2. The van der Waals surface area contributed by atoms with Crippen molar-refractivity contribution in [2.45, 2.75) is 19.3 Å². The summed E-state index contributed by atoms with van der Waals surface area (Å²) < 4.78 is 0. The van der Waals surface area contributed by atoms with Crippen molar-refractivity contribution < 1.29 is 9.59 Å². The molecule has 1 aliphatic rings. The maximum atomic E-state index is 12.5. The fraction of sp³-hybridized carbons (Fsp3) is 0.286. The summed E-state index contributed by atoms with van der Waals surface area (Å²) in [5.74, 6) is 0.406. The Bertz CT molecular complexity index is 977. The number of piperidine rings is 1. The highest BCUT2D eigenvalue weighted by Crippen LogP contribution is 2.25. The summed E-state index contributed by atoms with van der Waals surface area (Å²) >= 11 is 0. The van der Waals surface area contributed by atoms with Crippen LogP contribution in [0.1, 0.15) is 18.4 Å². The lowest BCUT2D eigenvalue weighted by atomic mass is 9.97. The van der Waals surface area contributed by atoms with E-state index >= 15 is 0 Å². The highest BCUT2D eigenvalue weighted by molar-refractivity contribution is 6.02. The lowest BCUT2D eigenvalue weighted by Gasteiger charge is -2.21. The summed E-state index contributed by atoms with van der Waals surface area (Å²) in [6.45, 7) is 1.74. The molecule has 1 aliphatic heterocycles. The van der Waals surface area contributed by atoms with Gasteiger partial charge in [-0.3, -0.25) is 14.7 Å². The minimum atomic E-state index is -0.135. The van der Waals surface area contributed by atoms with E-state index in [2.05, 4.69) is 26.1 Å². The molecule has 4 rings (SSSR count). The van der Waals surface area contributed by atoms with E-state index in [1.54, 1.807) is 0 Å². The standard InChI is InChI=1S/C21H23N5O2/c27-19(12-14-4-2-1-3-5-14)24-20-17-13-16(6-7-18(17)25-26-20)23-21(28)15-8-10-22-11-9-15/h1-7,13,15,22H,8-12H2,(H,23,28)(H2,24,25,26,27). The fourth-order valence-corrected chi connectivity index (χ4v) is 3.47. The van der Waals surface area contributed by atoms with Crippen LogP contribution in [0.2, 0.25) is 0 Å². The summed E-state index contributed by atoms with van der Waals surface area (Å²) in [4.78, 5) is 24.8. The summed E-state index contributed by atoms with van der Waals surface area (Å²) in [7, 11) is 0. The van der Waals surface area contributed by atoms with Crippen LogP contribution in [0.25, 0.3) is 10.9 Å². The van der Waals surface area contributed by atoms with Gasteiger partial charge in [0.2, 0.25) is 11.8 Å². The van der Waals surface area contributed by atoms with Crippen LogP contribution in [-0.2, 0) is 16.0 Å². The van der Waals surface area contributed by atoms with Crippen LogP contribution in [0.5, 0.6) is 0 Å². The van der Waals surface area contributed by atoms with E-state index in [4.69, 9.17) is 0 Å². The molecule has 28 heavy (non-hydrogen) atoms. The minimum absolute atomic E-state index is 0.0337. The van der Waals surface area contributed by atoms with Gasteiger partial charge in [-0.05, 0) is 49.7 Å². The Hall–Kier alpha value is -3.19. The number of aromatic amines is 1. The quantitative estimate of drug-likeness (QED) is 0.549. The van der Waals surface area contributed by atoms with Crippen LogP contribution in [0.3, 0.4) is 0 Å². The number of H-pyrrole nitrogens is 1. The van der Waals surface area contributed by atoms with Crippen molar-refractivity contribution in [3.8, 4) is 0 Å². The second-order valence-electron chi connectivity index (χ2n) is 7.06. The molecule has 0 spiro atoms. The number of hydrogen-bond acceptors (Lipinski definition) is 4. The van der Waals surface area contributed by atoms with E-state index in [-0.39, 0.29) is 24.2 Å². The zero-order valence-electron chi connectivity index (χ0n) is 15.5. The lowest BCUT2D eigenvalue weighted by Crippen LogP contribution is -2.34. The third-order valence-corrected chi connectivity index (χ3v) is 5.01. The van der Waals surface area contributed by atoms with Crippen molar-refractivity contribution >= 4 is 34.2 Å². The average molecular weight is 377 g/mol. The third kappa shape index (κ3) is 4.20. The molecule has 1 fully saturated rings. The molecule has 4 N–H and O–H groups in total. The Balaban J connectivity index is 1.46. The van der Waals surface area contributed by atoms with E-state index in [9.17, 15) is 9.59 Å². The summed E-state index contributed by atoms with van der Waals surface area (Å²) in [5.41, 5.74) is 2.45. The minimum Gasteiger partial charge on any atom is -0.326 e. The highest BCUT2D eigenvalue weighted by atomic mass is 16.2. The van der Waals surface area contributed by atoms with Gasteiger partial charge in [0, 0.05) is 17.0 Å². The molecule has 3 aromatic rings. The number of hydrogen-bond donors (Lipinski definition) is 4. The largest absolute Gasteiger partial charge is 0.326 e. The zero-order chi connectivity index (χ0) is 19.3. The van der Waals surface area contributed by atoms with Gasteiger partial charge in [0.1, 0.15) is 0 Å². The number of rotatable bonds is 5. The van der Waals surface area contributed by atoms with Gasteiger partial charge in [0.25, 0.3) is 0 Å². The van der Waals surface area contributed by atoms with E-state index in [1.807, 2.05) is 48.5 Å². The molecule has 0 saturated carbocycles. The number of carbonyl (C=O) groups is 2. The van der Waals surface area contributed by atoms with E-state index in [0.29, 0.717) is 11.5 Å². The van der Waals surface area contributed by atoms with Crippen LogP contribution < -0.4 is 16.0 Å². The molecule has 1 saturated heterocycles. The smallest absolute Gasteiger partial charge is 0.230 e. The maximum absolute atomic E-state index is 12.5. The first-order valence-corrected chi connectivity index (χ1v) is 9.52. The molecular weight excluding hydrogens is 354 g/mol. The van der Waals surface area contributed by atoms with Gasteiger partial charge >= 0.3 is 0 Å². The summed E-state index contributed by atoms with van der Waals surface area (Å²) in [5, 5.41) is 17.0. The molecule has 2 amide bonds. The number of nitrogens with zero attached hydrogens (tertiary/aromatic N) is 1. The van der Waals surface area contributed by atoms with Crippen LogP contribution in [0.15, 0.2) is 48.5 Å². The van der Waals surface area contributed by atoms with Crippen molar-refractivity contribution in [3.05, 3.63) is 54.1 Å². The summed E-state index contributed by atoms with van der Waals surface area (Å²) in [6, 6.07) is 15.1. The van der Waals surface area contributed by atoms with Gasteiger partial charge in [-0.15, -0.1) is 0 Å². The van der Waals surface area contributed by atoms with Gasteiger partial charge in [0.05, 0.1) is 11.9 Å². The van der Waals surface area contributed by atoms with Crippen LogP contribution in [-0.4, -0.2) is 35.1 Å². The Labute approximate surface area is 162 Å². The number of nitrogens with one attached hydrogen (secondary N) is 4. The normalized spacial score (nSPS) is 14.7. The zero-order valence-corrected chi connectivity index (χ0v) is 15.5. The van der Waals surface area contributed by atoms with Gasteiger partial charge in [-0.25, -0.2) is 0 Å². The van der Waals surface area contributed by atoms with E-state index in [0.717, 1.165) is 42.4 Å². The molecule has 7 nitrogen and oxygen atoms in total. The number of anilines is 2. The Kier molecular flexibility index (Phi) is 5.34. The van der Waals surface area contributed by atoms with Crippen LogP contribution in [0, 0.1) is 5.92 Å². The van der Waals surface area contributed by atoms with E-state index in [1.165, 1.54) is 0 Å². The maximum Gasteiger partial charge on any atom is 0.230 e. The van der Waals surface area contributed by atoms with Crippen molar-refractivity contribution in [2.75, 3.05) is 23.7 Å². The van der Waals surface area contributed by atoms with Crippen molar-refractivity contribution in [1.29, 1.82) is 0 Å². The predicted molar refractivity (Wildman–Crippen MR) is 109 cm³/mol. The van der Waals surface area contributed by atoms with Crippen LogP contribution >= 0.6 is 0 Å². The highest BCUT2D eigenvalue weighted by Gasteiger charge is 2.21. The van der Waals surface area contributed by atoms with Crippen molar-refractivity contribution in [3.63, 3.8) is 0 Å². The molecular formula is C21H23N5O2. The van der Waals surface area contributed by atoms with Gasteiger partial charge in [-0.1, -0.05) is 30.3 Å². The number of carbonyl (C=O) groups excluding carboxylic acids is 2. The Morgan fingerprint density at radius 3 is 2.61 bits per heavy atom. The first kappa shape index (κ1) is 18.2. The van der Waals surface area contributed by atoms with Crippen molar-refractivity contribution in [1.82, 2.24) is 15.5 Å². The number of amides is 2. The molecule has 0 aliphatic carbocycles. The van der Waals surface area contributed by atoms with Crippen LogP contribution in [0.4, 0.5) is 11.5 Å². The number of fused-ring (bicyclic) bond motifs is 1. The molecule has 0 atom stereocenters. The molecule has 0 radical (unpaired) electrons. The number of benzene rings is 2. The van der Waals surface area contributed by atoms with E-state index < -0.39 is 0 Å².